The van der Waals surface area contributed by atoms with Crippen molar-refractivity contribution in [1.82, 2.24) is 25.1 Å². The fraction of sp³-hybridized carbons (Fsp3) is 0.205. The highest BCUT2D eigenvalue weighted by Gasteiger charge is 2.42. The molecule has 1 aliphatic carbocycles. The molecule has 1 spiro atoms. The van der Waals surface area contributed by atoms with Crippen LogP contribution in [0.4, 0.5) is 0 Å². The Kier molecular flexibility index (Phi) is 8.06. The van der Waals surface area contributed by atoms with Crippen LogP contribution in [0.1, 0.15) is 70.8 Å². The summed E-state index contributed by atoms with van der Waals surface area (Å²) in [6.45, 7) is 3.21. The minimum absolute atomic E-state index is 0.150. The second-order valence-corrected chi connectivity index (χ2v) is 13.7. The number of carbonyl (C=O) groups excluding carboxylic acids is 1. The number of fused-ring (bicyclic) bond motifs is 2. The lowest BCUT2D eigenvalue weighted by atomic mass is 9.77. The van der Waals surface area contributed by atoms with Crippen molar-refractivity contribution in [1.29, 1.82) is 0 Å². The van der Waals surface area contributed by atoms with Crippen LogP contribution in [0.2, 0.25) is 0 Å². The molecule has 1 amide bonds. The number of benzene rings is 5. The van der Waals surface area contributed by atoms with Crippen molar-refractivity contribution in [2.24, 2.45) is 0 Å². The summed E-state index contributed by atoms with van der Waals surface area (Å²) in [6, 6.07) is 45.7. The van der Waals surface area contributed by atoms with Crippen molar-refractivity contribution in [3.63, 3.8) is 0 Å². The van der Waals surface area contributed by atoms with Crippen LogP contribution in [0.3, 0.4) is 0 Å². The predicted molar refractivity (Wildman–Crippen MR) is 203 cm³/mol. The summed E-state index contributed by atoms with van der Waals surface area (Å²) in [7, 11) is 0. The zero-order chi connectivity index (χ0) is 35.1. The molecule has 3 heterocycles. The minimum Gasteiger partial charge on any atom is -0.347 e. The fourth-order valence-electron chi connectivity index (χ4n) is 8.03. The summed E-state index contributed by atoms with van der Waals surface area (Å²) in [5, 5.41) is 8.04. The van der Waals surface area contributed by atoms with Crippen molar-refractivity contribution in [2.75, 3.05) is 13.2 Å². The molecule has 5 aromatic carbocycles. The lowest BCUT2D eigenvalue weighted by molar-refractivity contribution is -0.159. The second kappa shape index (κ2) is 13.1. The first-order valence-corrected chi connectivity index (χ1v) is 18.0. The molecule has 0 radical (unpaired) electrons. The third-order valence-electron chi connectivity index (χ3n) is 10.6. The largest absolute Gasteiger partial charge is 0.347 e. The predicted octanol–water partition coefficient (Wildman–Crippen LogP) is 8.55. The number of hydrogen-bond donors (Lipinski definition) is 2. The Morgan fingerprint density at radius 1 is 0.788 bits per heavy atom. The molecule has 2 N–H and O–H groups in total. The number of allylic oxidation sites excluding steroid dienone is 1. The smallest absolute Gasteiger partial charge is 0.289 e. The first kappa shape index (κ1) is 32.1. The lowest BCUT2D eigenvalue weighted by Crippen LogP contribution is -2.38. The highest BCUT2D eigenvalue weighted by Crippen LogP contribution is 2.46. The van der Waals surface area contributed by atoms with Gasteiger partial charge in [-0.2, -0.15) is 0 Å². The quantitative estimate of drug-likeness (QED) is 0.156. The van der Waals surface area contributed by atoms with E-state index in [1.165, 1.54) is 5.57 Å². The van der Waals surface area contributed by atoms with E-state index in [-0.39, 0.29) is 17.8 Å². The molecule has 2 aromatic heterocycles. The Labute approximate surface area is 302 Å². The highest BCUT2D eigenvalue weighted by molar-refractivity contribution is 6.02. The van der Waals surface area contributed by atoms with Gasteiger partial charge in [0.15, 0.2) is 5.79 Å². The van der Waals surface area contributed by atoms with Crippen molar-refractivity contribution in [2.45, 2.75) is 43.6 Å². The Bertz CT molecular complexity index is 2300. The number of H-pyrrole nitrogens is 1. The Balaban J connectivity index is 1.27. The highest BCUT2D eigenvalue weighted by atomic mass is 16.7. The molecule has 258 valence electrons. The first-order valence-electron chi connectivity index (χ1n) is 18.0. The van der Waals surface area contributed by atoms with Crippen LogP contribution in [0.25, 0.3) is 27.5 Å². The van der Waals surface area contributed by atoms with Gasteiger partial charge in [-0.15, -0.1) is 0 Å². The molecule has 52 heavy (non-hydrogen) atoms. The van der Waals surface area contributed by atoms with E-state index in [0.717, 1.165) is 51.7 Å². The van der Waals surface area contributed by atoms with Gasteiger partial charge in [-0.25, -0.2) is 9.97 Å². The molecule has 9 rings (SSSR count). The first-order chi connectivity index (χ1) is 25.5. The maximum Gasteiger partial charge on any atom is 0.289 e. The van der Waals surface area contributed by atoms with E-state index in [2.05, 4.69) is 124 Å². The monoisotopic (exact) mass is 685 g/mol. The number of imidazole rings is 1. The normalized spacial score (nSPS) is 16.3. The molecule has 1 aliphatic heterocycles. The topological polar surface area (TPSA) is 94.1 Å². The van der Waals surface area contributed by atoms with Gasteiger partial charge >= 0.3 is 0 Å². The molecule has 1 fully saturated rings. The molecule has 8 heteroatoms. The summed E-state index contributed by atoms with van der Waals surface area (Å²) >= 11 is 0. The molecule has 1 unspecified atom stereocenters. The zero-order valence-electron chi connectivity index (χ0n) is 29.0. The molecule has 2 aliphatic rings. The molecular weight excluding hydrogens is 647 g/mol. The van der Waals surface area contributed by atoms with Gasteiger partial charge in [0.25, 0.3) is 5.91 Å². The van der Waals surface area contributed by atoms with Gasteiger partial charge < -0.3 is 14.8 Å². The van der Waals surface area contributed by atoms with Crippen LogP contribution in [-0.2, 0) is 15.0 Å². The number of ether oxygens (including phenoxy) is 2. The van der Waals surface area contributed by atoms with Crippen LogP contribution in [0, 0.1) is 0 Å². The fourth-order valence-corrected chi connectivity index (χ4v) is 8.03. The second-order valence-electron chi connectivity index (χ2n) is 13.7. The van der Waals surface area contributed by atoms with Crippen molar-refractivity contribution in [3.05, 3.63) is 173 Å². The zero-order valence-corrected chi connectivity index (χ0v) is 29.0. The van der Waals surface area contributed by atoms with E-state index in [1.807, 2.05) is 37.3 Å². The number of carbonyl (C=O) groups is 1. The van der Waals surface area contributed by atoms with Gasteiger partial charge in [0.1, 0.15) is 5.54 Å². The Hall–Kier alpha value is -5.83. The molecular formula is C44H39N5O3. The SMILES string of the molecule is CC(NC(=O)c1nc2cc3c(C4=CCC5(CC4)OCCO5)[nH]n(C(c4ccccc4)(c4ccccc4)c4ccccc4)c3cc2n1)c1ccccc1. The van der Waals surface area contributed by atoms with E-state index in [1.54, 1.807) is 0 Å². The third-order valence-corrected chi connectivity index (χ3v) is 10.6. The van der Waals surface area contributed by atoms with Crippen LogP contribution in [0.15, 0.2) is 140 Å². The van der Waals surface area contributed by atoms with Crippen LogP contribution < -0.4 is 5.32 Å². The third kappa shape index (κ3) is 5.43. The van der Waals surface area contributed by atoms with Crippen molar-refractivity contribution < 1.29 is 14.3 Å². The van der Waals surface area contributed by atoms with Crippen LogP contribution in [0.5, 0.6) is 0 Å². The van der Waals surface area contributed by atoms with Crippen molar-refractivity contribution >= 4 is 33.4 Å². The van der Waals surface area contributed by atoms with Crippen molar-refractivity contribution in [3.8, 4) is 0 Å². The maximum absolute atomic E-state index is 13.6. The number of rotatable bonds is 8. The van der Waals surface area contributed by atoms with E-state index in [9.17, 15) is 4.79 Å². The average molecular weight is 686 g/mol. The number of nitrogens with zero attached hydrogens (tertiary/aromatic N) is 3. The lowest BCUT2D eigenvalue weighted by Gasteiger charge is -2.38. The summed E-state index contributed by atoms with van der Waals surface area (Å²) < 4.78 is 14.5. The summed E-state index contributed by atoms with van der Waals surface area (Å²) in [5.41, 5.74) is 7.95. The number of hydrogen-bond acceptors (Lipinski definition) is 5. The Morgan fingerprint density at radius 3 is 1.87 bits per heavy atom. The van der Waals surface area contributed by atoms with Gasteiger partial charge in [-0.05, 0) is 53.3 Å². The number of aromatic amines is 1. The number of amides is 1. The average Bonchev–Trinajstić information content (AvgIpc) is 3.94. The van der Waals surface area contributed by atoms with Crippen LogP contribution in [-0.4, -0.2) is 44.7 Å². The van der Waals surface area contributed by atoms with E-state index in [4.69, 9.17) is 19.4 Å². The number of nitrogens with one attached hydrogen (secondary N) is 2. The molecule has 1 atom stereocenters. The van der Waals surface area contributed by atoms with Gasteiger partial charge in [0.2, 0.25) is 5.82 Å². The summed E-state index contributed by atoms with van der Waals surface area (Å²) in [4.78, 5) is 23.2. The standard InChI is InChI=1S/C44H39N5O3/c1-30(31-14-6-2-7-15-31)45-42(50)41-46-37-28-36-39(29-38(37)47-41)49(48-40(36)32-22-24-43(25-23-32)51-26-27-52-43)44(33-16-8-3-9-17-33,34-18-10-4-11-19-34)35-20-12-5-13-21-35/h2-22,28-30,48H,23-27H2,1H3,(H,45,50). The summed E-state index contributed by atoms with van der Waals surface area (Å²) in [6.07, 6.45) is 4.47. The van der Waals surface area contributed by atoms with Gasteiger partial charge in [0.05, 0.1) is 41.5 Å². The molecule has 0 saturated carbocycles. The van der Waals surface area contributed by atoms with E-state index < -0.39 is 11.3 Å². The van der Waals surface area contributed by atoms with E-state index >= 15 is 0 Å². The molecule has 7 aromatic rings. The Morgan fingerprint density at radius 2 is 1.33 bits per heavy atom. The number of aromatic nitrogens is 4. The van der Waals surface area contributed by atoms with E-state index in [0.29, 0.717) is 30.7 Å². The minimum atomic E-state index is -0.798. The van der Waals surface area contributed by atoms with Crippen LogP contribution >= 0.6 is 0 Å². The molecule has 0 bridgehead atoms. The molecule has 8 nitrogen and oxygen atoms in total. The summed E-state index contributed by atoms with van der Waals surface area (Å²) in [5.74, 6) is -0.707. The van der Waals surface area contributed by atoms with Gasteiger partial charge in [-0.3, -0.25) is 14.6 Å². The molecule has 1 saturated heterocycles. The maximum atomic E-state index is 13.6. The van der Waals surface area contributed by atoms with Gasteiger partial charge in [-0.1, -0.05) is 127 Å². The van der Waals surface area contributed by atoms with Gasteiger partial charge in [0, 0.05) is 18.2 Å².